The van der Waals surface area contributed by atoms with E-state index in [0.717, 1.165) is 6.07 Å². The van der Waals surface area contributed by atoms with Crippen LogP contribution in [0.4, 0.5) is 18.9 Å². The molecule has 0 aliphatic heterocycles. The number of hydrogen-bond donors (Lipinski definition) is 3. The molecule has 140 valence electrons. The first-order valence-electron chi connectivity index (χ1n) is 8.03. The molecule has 8 heteroatoms. The molecule has 0 radical (unpaired) electrons. The number of halogens is 3. The molecule has 1 atom stereocenters. The number of hydrogen-bond acceptors (Lipinski definition) is 3. The largest absolute Gasteiger partial charge is 0.418 e. The zero-order valence-corrected chi connectivity index (χ0v) is 14.7. The fourth-order valence-corrected chi connectivity index (χ4v) is 2.18. The van der Waals surface area contributed by atoms with Gasteiger partial charge in [0.05, 0.1) is 11.3 Å². The summed E-state index contributed by atoms with van der Waals surface area (Å²) in [7, 11) is 0. The number of hydrazine groups is 1. The van der Waals surface area contributed by atoms with Crippen LogP contribution in [0.1, 0.15) is 39.7 Å². The van der Waals surface area contributed by atoms with E-state index in [4.69, 9.17) is 0 Å². The summed E-state index contributed by atoms with van der Waals surface area (Å²) in [4.78, 5) is 24.1. The van der Waals surface area contributed by atoms with Gasteiger partial charge in [0.2, 0.25) is 5.91 Å². The monoisotopic (exact) mass is 359 g/mol. The van der Waals surface area contributed by atoms with Gasteiger partial charge in [0.1, 0.15) is 6.04 Å². The van der Waals surface area contributed by atoms with Crippen molar-refractivity contribution in [1.82, 2.24) is 10.7 Å². The molecule has 2 amide bonds. The predicted octanol–water partition coefficient (Wildman–Crippen LogP) is 3.34. The Bertz CT molecular complexity index is 601. The molecule has 0 fully saturated rings. The summed E-state index contributed by atoms with van der Waals surface area (Å²) in [5.74, 6) is -0.980. The summed E-state index contributed by atoms with van der Waals surface area (Å²) in [5, 5.41) is 2.62. The summed E-state index contributed by atoms with van der Waals surface area (Å²) in [6.07, 6.45) is -4.28. The average molecular weight is 359 g/mol. The van der Waals surface area contributed by atoms with E-state index >= 15 is 0 Å². The van der Waals surface area contributed by atoms with Gasteiger partial charge in [-0.25, -0.2) is 0 Å². The summed E-state index contributed by atoms with van der Waals surface area (Å²) < 4.78 is 38.8. The molecule has 0 saturated heterocycles. The van der Waals surface area contributed by atoms with Crippen molar-refractivity contribution in [2.24, 2.45) is 11.8 Å². The van der Waals surface area contributed by atoms with Gasteiger partial charge in [0.25, 0.3) is 5.91 Å². The molecule has 1 aromatic rings. The van der Waals surface area contributed by atoms with E-state index in [9.17, 15) is 22.8 Å². The Hall–Kier alpha value is -2.25. The summed E-state index contributed by atoms with van der Waals surface area (Å²) in [6.45, 7) is 7.23. The van der Waals surface area contributed by atoms with Crippen molar-refractivity contribution in [2.45, 2.75) is 46.3 Å². The third-order valence-electron chi connectivity index (χ3n) is 3.41. The van der Waals surface area contributed by atoms with Crippen LogP contribution in [-0.4, -0.2) is 17.9 Å². The van der Waals surface area contributed by atoms with Gasteiger partial charge < -0.3 is 5.32 Å². The van der Waals surface area contributed by atoms with Crippen molar-refractivity contribution in [2.75, 3.05) is 5.43 Å². The fraction of sp³-hybridized carbons (Fsp3) is 0.529. The molecule has 0 aliphatic carbocycles. The third kappa shape index (κ3) is 6.64. The van der Waals surface area contributed by atoms with Gasteiger partial charge in [-0.1, -0.05) is 39.8 Å². The molecule has 3 N–H and O–H groups in total. The maximum Gasteiger partial charge on any atom is 0.418 e. The van der Waals surface area contributed by atoms with Gasteiger partial charge in [-0.05, 0) is 24.0 Å². The van der Waals surface area contributed by atoms with Crippen molar-refractivity contribution >= 4 is 17.5 Å². The van der Waals surface area contributed by atoms with E-state index in [0.29, 0.717) is 0 Å². The van der Waals surface area contributed by atoms with Crippen molar-refractivity contribution in [3.05, 3.63) is 29.8 Å². The molecule has 0 aliphatic rings. The van der Waals surface area contributed by atoms with E-state index < -0.39 is 23.7 Å². The van der Waals surface area contributed by atoms with E-state index in [1.807, 2.05) is 13.8 Å². The second-order valence-corrected chi connectivity index (χ2v) is 6.54. The number of alkyl halides is 3. The van der Waals surface area contributed by atoms with Crippen LogP contribution in [0.2, 0.25) is 0 Å². The van der Waals surface area contributed by atoms with Crippen LogP contribution in [0.25, 0.3) is 0 Å². The minimum Gasteiger partial charge on any atom is -0.344 e. The van der Waals surface area contributed by atoms with E-state index in [1.54, 1.807) is 13.8 Å². The number of para-hydroxylation sites is 1. The lowest BCUT2D eigenvalue weighted by molar-refractivity contribution is -0.137. The Morgan fingerprint density at radius 1 is 1.08 bits per heavy atom. The van der Waals surface area contributed by atoms with Crippen LogP contribution in [0.3, 0.4) is 0 Å². The maximum atomic E-state index is 12.9. The van der Waals surface area contributed by atoms with Gasteiger partial charge in [-0.15, -0.1) is 0 Å². The Kier molecular flexibility index (Phi) is 7.26. The normalized spacial score (nSPS) is 12.8. The standard InChI is InChI=1S/C17H24F3N3O2/c1-10(2)9-14(24)21-15(11(3)4)16(25)23-22-13-8-6-5-7-12(13)17(18,19)20/h5-8,10-11,15,22H,9H2,1-4H3,(H,21,24)(H,23,25). The number of anilines is 1. The Labute approximate surface area is 145 Å². The lowest BCUT2D eigenvalue weighted by Gasteiger charge is -2.23. The predicted molar refractivity (Wildman–Crippen MR) is 89.4 cm³/mol. The van der Waals surface area contributed by atoms with Crippen LogP contribution in [0, 0.1) is 11.8 Å². The first-order valence-corrected chi connectivity index (χ1v) is 8.03. The number of carbonyl (C=O) groups excluding carboxylic acids is 2. The molecule has 1 aromatic carbocycles. The highest BCUT2D eigenvalue weighted by atomic mass is 19.4. The molecule has 25 heavy (non-hydrogen) atoms. The number of amides is 2. The Morgan fingerprint density at radius 2 is 1.68 bits per heavy atom. The Balaban J connectivity index is 2.78. The second kappa shape index (κ2) is 8.73. The maximum absolute atomic E-state index is 12.9. The topological polar surface area (TPSA) is 70.2 Å². The number of nitrogens with one attached hydrogen (secondary N) is 3. The smallest absolute Gasteiger partial charge is 0.344 e. The van der Waals surface area contributed by atoms with Gasteiger partial charge in [-0.2, -0.15) is 13.2 Å². The summed E-state index contributed by atoms with van der Waals surface area (Å²) in [5.41, 5.74) is 3.39. The molecule has 0 aromatic heterocycles. The van der Waals surface area contributed by atoms with E-state index in [2.05, 4.69) is 16.2 Å². The second-order valence-electron chi connectivity index (χ2n) is 6.54. The number of benzene rings is 1. The lowest BCUT2D eigenvalue weighted by atomic mass is 10.0. The van der Waals surface area contributed by atoms with Crippen LogP contribution in [-0.2, 0) is 15.8 Å². The highest BCUT2D eigenvalue weighted by Crippen LogP contribution is 2.34. The van der Waals surface area contributed by atoms with Crippen molar-refractivity contribution in [1.29, 1.82) is 0 Å². The van der Waals surface area contributed by atoms with Crippen LogP contribution in [0.15, 0.2) is 24.3 Å². The van der Waals surface area contributed by atoms with Crippen molar-refractivity contribution < 1.29 is 22.8 Å². The number of carbonyl (C=O) groups is 2. The van der Waals surface area contributed by atoms with Crippen molar-refractivity contribution in [3.8, 4) is 0 Å². The van der Waals surface area contributed by atoms with E-state index in [1.165, 1.54) is 18.2 Å². The molecule has 5 nitrogen and oxygen atoms in total. The van der Waals surface area contributed by atoms with E-state index in [-0.39, 0.29) is 29.9 Å². The Morgan fingerprint density at radius 3 is 2.20 bits per heavy atom. The average Bonchev–Trinajstić information content (AvgIpc) is 2.48. The highest BCUT2D eigenvalue weighted by molar-refractivity contribution is 5.88. The minimum absolute atomic E-state index is 0.132. The zero-order chi connectivity index (χ0) is 19.2. The first-order chi connectivity index (χ1) is 11.5. The molecular formula is C17H24F3N3O2. The fourth-order valence-electron chi connectivity index (χ4n) is 2.18. The molecular weight excluding hydrogens is 335 g/mol. The van der Waals surface area contributed by atoms with Gasteiger partial charge in [0, 0.05) is 6.42 Å². The molecule has 0 spiro atoms. The molecule has 1 unspecified atom stereocenters. The third-order valence-corrected chi connectivity index (χ3v) is 3.41. The summed E-state index contributed by atoms with van der Waals surface area (Å²) >= 11 is 0. The summed E-state index contributed by atoms with van der Waals surface area (Å²) in [6, 6.07) is 3.97. The SMILES string of the molecule is CC(C)CC(=O)NC(C(=O)NNc1ccccc1C(F)(F)F)C(C)C. The van der Waals surface area contributed by atoms with Gasteiger partial charge in [-0.3, -0.25) is 20.4 Å². The molecule has 0 saturated carbocycles. The highest BCUT2D eigenvalue weighted by Gasteiger charge is 2.33. The van der Waals surface area contributed by atoms with Crippen LogP contribution in [0.5, 0.6) is 0 Å². The van der Waals surface area contributed by atoms with Crippen molar-refractivity contribution in [3.63, 3.8) is 0 Å². The zero-order valence-electron chi connectivity index (χ0n) is 14.7. The van der Waals surface area contributed by atoms with Gasteiger partial charge >= 0.3 is 6.18 Å². The first kappa shape index (κ1) is 20.8. The van der Waals surface area contributed by atoms with Crippen LogP contribution < -0.4 is 16.2 Å². The lowest BCUT2D eigenvalue weighted by Crippen LogP contribution is -2.51. The quantitative estimate of drug-likeness (QED) is 0.654. The molecule has 0 heterocycles. The van der Waals surface area contributed by atoms with Crippen LogP contribution >= 0.6 is 0 Å². The molecule has 1 rings (SSSR count). The molecule has 0 bridgehead atoms. The minimum atomic E-state index is -4.54. The number of rotatable bonds is 7. The van der Waals surface area contributed by atoms with Gasteiger partial charge in [0.15, 0.2) is 0 Å².